The standard InChI is InChI=1S/C18H13Br2FN2O2/c19-11-5-6-15(13(20)9-11)23-17(24)7-8-18-22-10-16(25-18)12-3-1-2-4-14(12)21/h1-6,9-10H,7-8H2,(H,23,24). The lowest BCUT2D eigenvalue weighted by Gasteiger charge is -2.07. The average molecular weight is 468 g/mol. The molecule has 0 saturated heterocycles. The molecule has 1 aromatic heterocycles. The number of aryl methyl sites for hydroxylation is 1. The number of nitrogens with one attached hydrogen (secondary N) is 1. The molecule has 0 aliphatic carbocycles. The second-order valence-corrected chi connectivity index (χ2v) is 7.04. The molecule has 7 heteroatoms. The molecular weight excluding hydrogens is 455 g/mol. The summed E-state index contributed by atoms with van der Waals surface area (Å²) in [7, 11) is 0. The van der Waals surface area contributed by atoms with Crippen molar-refractivity contribution in [2.75, 3.05) is 5.32 Å². The number of nitrogens with zero attached hydrogens (tertiary/aromatic N) is 1. The molecule has 0 aliphatic rings. The van der Waals surface area contributed by atoms with Gasteiger partial charge >= 0.3 is 0 Å². The molecule has 2 aromatic carbocycles. The van der Waals surface area contributed by atoms with Crippen LogP contribution in [0.5, 0.6) is 0 Å². The van der Waals surface area contributed by atoms with Gasteiger partial charge in [-0.3, -0.25) is 4.79 Å². The molecule has 4 nitrogen and oxygen atoms in total. The van der Waals surface area contributed by atoms with E-state index in [1.165, 1.54) is 12.3 Å². The maximum atomic E-state index is 13.7. The minimum Gasteiger partial charge on any atom is -0.441 e. The van der Waals surface area contributed by atoms with Gasteiger partial charge in [0.1, 0.15) is 5.82 Å². The molecule has 3 rings (SSSR count). The van der Waals surface area contributed by atoms with E-state index in [-0.39, 0.29) is 18.1 Å². The molecule has 0 aliphatic heterocycles. The van der Waals surface area contributed by atoms with E-state index in [0.717, 1.165) is 8.95 Å². The Kier molecular flexibility index (Phi) is 5.65. The lowest BCUT2D eigenvalue weighted by Crippen LogP contribution is -2.12. The highest BCUT2D eigenvalue weighted by Crippen LogP contribution is 2.27. The predicted molar refractivity (Wildman–Crippen MR) is 101 cm³/mol. The number of amides is 1. The van der Waals surface area contributed by atoms with Gasteiger partial charge in [-0.15, -0.1) is 0 Å². The lowest BCUT2D eigenvalue weighted by atomic mass is 10.2. The fraction of sp³-hybridized carbons (Fsp3) is 0.111. The second-order valence-electron chi connectivity index (χ2n) is 5.27. The van der Waals surface area contributed by atoms with Crippen molar-refractivity contribution < 1.29 is 13.6 Å². The van der Waals surface area contributed by atoms with Crippen molar-refractivity contribution in [3.05, 3.63) is 69.3 Å². The molecule has 0 saturated carbocycles. The first-order valence-electron chi connectivity index (χ1n) is 7.47. The summed E-state index contributed by atoms with van der Waals surface area (Å²) >= 11 is 6.76. The Morgan fingerprint density at radius 2 is 2.00 bits per heavy atom. The number of benzene rings is 2. The highest BCUT2D eigenvalue weighted by molar-refractivity contribution is 9.11. The molecule has 128 valence electrons. The number of rotatable bonds is 5. The molecule has 1 N–H and O–H groups in total. The van der Waals surface area contributed by atoms with Gasteiger partial charge in [0.25, 0.3) is 0 Å². The summed E-state index contributed by atoms with van der Waals surface area (Å²) < 4.78 is 21.0. The highest BCUT2D eigenvalue weighted by atomic mass is 79.9. The summed E-state index contributed by atoms with van der Waals surface area (Å²) in [5.74, 6) is 0.212. The Hall–Kier alpha value is -1.99. The highest BCUT2D eigenvalue weighted by Gasteiger charge is 2.12. The van der Waals surface area contributed by atoms with Crippen LogP contribution in [0.1, 0.15) is 12.3 Å². The Morgan fingerprint density at radius 1 is 1.20 bits per heavy atom. The first kappa shape index (κ1) is 17.8. The number of oxazole rings is 1. The third-order valence-electron chi connectivity index (χ3n) is 3.46. The summed E-state index contributed by atoms with van der Waals surface area (Å²) in [6.45, 7) is 0. The van der Waals surface area contributed by atoms with Crippen molar-refractivity contribution in [2.24, 2.45) is 0 Å². The van der Waals surface area contributed by atoms with Crippen LogP contribution < -0.4 is 5.32 Å². The minimum atomic E-state index is -0.372. The van der Waals surface area contributed by atoms with E-state index in [0.29, 0.717) is 29.3 Å². The number of hydrogen-bond acceptors (Lipinski definition) is 3. The number of aromatic nitrogens is 1. The molecule has 0 atom stereocenters. The van der Waals surface area contributed by atoms with E-state index in [4.69, 9.17) is 4.42 Å². The molecule has 1 amide bonds. The van der Waals surface area contributed by atoms with Crippen LogP contribution in [-0.2, 0) is 11.2 Å². The van der Waals surface area contributed by atoms with Crippen LogP contribution in [0.4, 0.5) is 10.1 Å². The van der Waals surface area contributed by atoms with Gasteiger partial charge in [-0.05, 0) is 46.3 Å². The van der Waals surface area contributed by atoms with Gasteiger partial charge in [-0.25, -0.2) is 9.37 Å². The number of carbonyl (C=O) groups is 1. The van der Waals surface area contributed by atoms with Crippen LogP contribution in [0.15, 0.2) is 62.0 Å². The van der Waals surface area contributed by atoms with Crippen LogP contribution >= 0.6 is 31.9 Å². The van der Waals surface area contributed by atoms with E-state index < -0.39 is 0 Å². The monoisotopic (exact) mass is 466 g/mol. The summed E-state index contributed by atoms with van der Waals surface area (Å²) in [6.07, 6.45) is 2.01. The SMILES string of the molecule is O=C(CCc1ncc(-c2ccccc2F)o1)Nc1ccc(Br)cc1Br. The Balaban J connectivity index is 1.60. The summed E-state index contributed by atoms with van der Waals surface area (Å²) in [5.41, 5.74) is 1.04. The van der Waals surface area contributed by atoms with Crippen molar-refractivity contribution >= 4 is 43.5 Å². The summed E-state index contributed by atoms with van der Waals surface area (Å²) in [4.78, 5) is 16.2. The molecule has 0 fully saturated rings. The van der Waals surface area contributed by atoms with Crippen molar-refractivity contribution in [3.63, 3.8) is 0 Å². The van der Waals surface area contributed by atoms with E-state index in [2.05, 4.69) is 42.2 Å². The van der Waals surface area contributed by atoms with Crippen LogP contribution in [0, 0.1) is 5.82 Å². The summed E-state index contributed by atoms with van der Waals surface area (Å²) in [6, 6.07) is 11.8. The minimum absolute atomic E-state index is 0.159. The Labute approximate surface area is 160 Å². The molecule has 3 aromatic rings. The Bertz CT molecular complexity index is 912. The maximum Gasteiger partial charge on any atom is 0.224 e. The largest absolute Gasteiger partial charge is 0.441 e. The fourth-order valence-corrected chi connectivity index (χ4v) is 3.38. The maximum absolute atomic E-state index is 13.7. The number of hydrogen-bond donors (Lipinski definition) is 1. The third-order valence-corrected chi connectivity index (χ3v) is 4.61. The van der Waals surface area contributed by atoms with Gasteiger partial charge in [0.2, 0.25) is 5.91 Å². The lowest BCUT2D eigenvalue weighted by molar-refractivity contribution is -0.116. The molecule has 0 radical (unpaired) electrons. The molecule has 1 heterocycles. The van der Waals surface area contributed by atoms with E-state index >= 15 is 0 Å². The van der Waals surface area contributed by atoms with Crippen LogP contribution in [0.25, 0.3) is 11.3 Å². The summed E-state index contributed by atoms with van der Waals surface area (Å²) in [5, 5.41) is 2.82. The quantitative estimate of drug-likeness (QED) is 0.533. The zero-order chi connectivity index (χ0) is 17.8. The smallest absolute Gasteiger partial charge is 0.224 e. The normalized spacial score (nSPS) is 10.7. The first-order chi connectivity index (χ1) is 12.0. The number of halogens is 3. The molecule has 25 heavy (non-hydrogen) atoms. The number of anilines is 1. The van der Waals surface area contributed by atoms with Crippen LogP contribution in [0.3, 0.4) is 0 Å². The van der Waals surface area contributed by atoms with Gasteiger partial charge in [0, 0.05) is 21.8 Å². The molecule has 0 spiro atoms. The van der Waals surface area contributed by atoms with E-state index in [1.807, 2.05) is 12.1 Å². The topological polar surface area (TPSA) is 55.1 Å². The van der Waals surface area contributed by atoms with Gasteiger partial charge in [-0.1, -0.05) is 28.1 Å². The van der Waals surface area contributed by atoms with E-state index in [1.54, 1.807) is 24.3 Å². The Morgan fingerprint density at radius 3 is 2.76 bits per heavy atom. The van der Waals surface area contributed by atoms with Gasteiger partial charge in [0.15, 0.2) is 11.7 Å². The second kappa shape index (κ2) is 7.93. The molecule has 0 unspecified atom stereocenters. The zero-order valence-corrected chi connectivity index (χ0v) is 16.1. The van der Waals surface area contributed by atoms with E-state index in [9.17, 15) is 9.18 Å². The number of carbonyl (C=O) groups excluding carboxylic acids is 1. The predicted octanol–water partition coefficient (Wildman–Crippen LogP) is 5.58. The van der Waals surface area contributed by atoms with Gasteiger partial charge < -0.3 is 9.73 Å². The van der Waals surface area contributed by atoms with Crippen molar-refractivity contribution in [1.29, 1.82) is 0 Å². The molecule has 0 bridgehead atoms. The third kappa shape index (κ3) is 4.55. The van der Waals surface area contributed by atoms with Gasteiger partial charge in [0.05, 0.1) is 17.4 Å². The van der Waals surface area contributed by atoms with Gasteiger partial charge in [-0.2, -0.15) is 0 Å². The average Bonchev–Trinajstić information content (AvgIpc) is 3.05. The van der Waals surface area contributed by atoms with Crippen molar-refractivity contribution in [1.82, 2.24) is 4.98 Å². The van der Waals surface area contributed by atoms with Crippen LogP contribution in [-0.4, -0.2) is 10.9 Å². The fourth-order valence-electron chi connectivity index (χ4n) is 2.24. The molecular formula is C18H13Br2FN2O2. The van der Waals surface area contributed by atoms with Crippen molar-refractivity contribution in [3.8, 4) is 11.3 Å². The first-order valence-corrected chi connectivity index (χ1v) is 9.06. The van der Waals surface area contributed by atoms with Crippen LogP contribution in [0.2, 0.25) is 0 Å². The van der Waals surface area contributed by atoms with Crippen molar-refractivity contribution in [2.45, 2.75) is 12.8 Å². The zero-order valence-electron chi connectivity index (χ0n) is 12.9.